The zero-order valence-corrected chi connectivity index (χ0v) is 9.41. The Morgan fingerprint density at radius 1 is 1.38 bits per heavy atom. The molecule has 0 saturated heterocycles. The van der Waals surface area contributed by atoms with Crippen LogP contribution in [0.25, 0.3) is 0 Å². The van der Waals surface area contributed by atoms with E-state index in [0.29, 0.717) is 6.42 Å². The summed E-state index contributed by atoms with van der Waals surface area (Å²) in [5.74, 6) is 0. The molecule has 0 amide bonds. The molecule has 1 N–H and O–H groups in total. The van der Waals surface area contributed by atoms with Crippen molar-refractivity contribution in [3.8, 4) is 6.07 Å². The first-order chi connectivity index (χ1) is 6.34. The number of nitrogens with one attached hydrogen (secondary N) is 1. The first-order valence-electron chi connectivity index (χ1n) is 4.20. The average Bonchev–Trinajstić information content (AvgIpc) is 2.15. The number of nitrogens with zero attached hydrogens (tertiary/aromatic N) is 1. The first-order valence-corrected chi connectivity index (χ1v) is 5.28. The predicted octanol–water partition coefficient (Wildman–Crippen LogP) is 3.01. The van der Waals surface area contributed by atoms with E-state index >= 15 is 0 Å². The molecule has 0 heterocycles. The third-order valence-corrected chi connectivity index (χ3v) is 2.60. The third kappa shape index (κ3) is 3.64. The molecule has 0 atom stereocenters. The van der Waals surface area contributed by atoms with Crippen LogP contribution >= 0.6 is 22.6 Å². The van der Waals surface area contributed by atoms with Crippen LogP contribution in [0.4, 0.5) is 5.69 Å². The first kappa shape index (κ1) is 10.3. The molecular formula is C10H11IN2. The Hall–Kier alpha value is -0.760. The fourth-order valence-electron chi connectivity index (χ4n) is 0.995. The highest BCUT2D eigenvalue weighted by Crippen LogP contribution is 2.16. The van der Waals surface area contributed by atoms with Crippen molar-refractivity contribution >= 4 is 28.3 Å². The van der Waals surface area contributed by atoms with E-state index in [9.17, 15) is 0 Å². The Kier molecular flexibility index (Phi) is 4.61. The molecule has 0 radical (unpaired) electrons. The van der Waals surface area contributed by atoms with E-state index in [0.717, 1.165) is 18.7 Å². The summed E-state index contributed by atoms with van der Waals surface area (Å²) in [5.41, 5.74) is 1.15. The minimum absolute atomic E-state index is 0.621. The topological polar surface area (TPSA) is 35.8 Å². The van der Waals surface area contributed by atoms with Crippen molar-refractivity contribution in [3.63, 3.8) is 0 Å². The normalized spacial score (nSPS) is 9.23. The van der Waals surface area contributed by atoms with Gasteiger partial charge in [0, 0.05) is 22.2 Å². The number of hydrogen-bond acceptors (Lipinski definition) is 2. The van der Waals surface area contributed by atoms with Gasteiger partial charge in [-0.1, -0.05) is 12.1 Å². The van der Waals surface area contributed by atoms with Gasteiger partial charge in [-0.15, -0.1) is 0 Å². The molecule has 0 fully saturated rings. The molecule has 13 heavy (non-hydrogen) atoms. The van der Waals surface area contributed by atoms with Crippen LogP contribution in [0.1, 0.15) is 12.8 Å². The van der Waals surface area contributed by atoms with Gasteiger partial charge in [-0.25, -0.2) is 0 Å². The van der Waals surface area contributed by atoms with Crippen LogP contribution in [0.2, 0.25) is 0 Å². The fourth-order valence-corrected chi connectivity index (χ4v) is 1.57. The van der Waals surface area contributed by atoms with Crippen LogP contribution in [0.3, 0.4) is 0 Å². The standard InChI is InChI=1S/C10H11IN2/c11-9-5-1-2-6-10(9)13-8-4-3-7-12/h1-2,5-6,13H,3-4,8H2. The highest BCUT2D eigenvalue weighted by Gasteiger charge is 1.95. The summed E-state index contributed by atoms with van der Waals surface area (Å²) in [6.07, 6.45) is 1.53. The molecule has 0 saturated carbocycles. The Balaban J connectivity index is 2.37. The molecule has 1 rings (SSSR count). The summed E-state index contributed by atoms with van der Waals surface area (Å²) < 4.78 is 1.22. The Bertz CT molecular complexity index is 304. The second-order valence-corrected chi connectivity index (χ2v) is 3.83. The largest absolute Gasteiger partial charge is 0.384 e. The lowest BCUT2D eigenvalue weighted by atomic mass is 10.3. The van der Waals surface area contributed by atoms with Crippen molar-refractivity contribution in [2.75, 3.05) is 11.9 Å². The van der Waals surface area contributed by atoms with Crippen LogP contribution in [-0.4, -0.2) is 6.54 Å². The van der Waals surface area contributed by atoms with E-state index in [2.05, 4.69) is 40.0 Å². The molecule has 0 aliphatic carbocycles. The summed E-state index contributed by atoms with van der Waals surface area (Å²) in [5, 5.41) is 11.6. The van der Waals surface area contributed by atoms with Crippen LogP contribution in [0.15, 0.2) is 24.3 Å². The van der Waals surface area contributed by atoms with Gasteiger partial charge >= 0.3 is 0 Å². The zero-order valence-electron chi connectivity index (χ0n) is 7.26. The molecule has 0 aromatic heterocycles. The maximum Gasteiger partial charge on any atom is 0.0622 e. The van der Waals surface area contributed by atoms with Gasteiger partial charge in [0.25, 0.3) is 0 Å². The lowest BCUT2D eigenvalue weighted by molar-refractivity contribution is 0.897. The lowest BCUT2D eigenvalue weighted by Gasteiger charge is -2.06. The third-order valence-electron chi connectivity index (χ3n) is 1.65. The number of para-hydroxylation sites is 1. The van der Waals surface area contributed by atoms with Crippen molar-refractivity contribution in [3.05, 3.63) is 27.8 Å². The SMILES string of the molecule is N#CCCCNc1ccccc1I. The smallest absolute Gasteiger partial charge is 0.0622 e. The van der Waals surface area contributed by atoms with Gasteiger partial charge in [-0.2, -0.15) is 5.26 Å². The minimum Gasteiger partial charge on any atom is -0.384 e. The average molecular weight is 286 g/mol. The van der Waals surface area contributed by atoms with E-state index < -0.39 is 0 Å². The van der Waals surface area contributed by atoms with Gasteiger partial charge in [-0.3, -0.25) is 0 Å². The van der Waals surface area contributed by atoms with Crippen molar-refractivity contribution in [1.82, 2.24) is 0 Å². The number of benzene rings is 1. The van der Waals surface area contributed by atoms with Crippen LogP contribution in [-0.2, 0) is 0 Å². The van der Waals surface area contributed by atoms with Crippen molar-refractivity contribution < 1.29 is 0 Å². The molecular weight excluding hydrogens is 275 g/mol. The summed E-state index contributed by atoms with van der Waals surface area (Å²) in [4.78, 5) is 0. The molecule has 68 valence electrons. The van der Waals surface area contributed by atoms with Gasteiger partial charge in [0.2, 0.25) is 0 Å². The fraction of sp³-hybridized carbons (Fsp3) is 0.300. The Morgan fingerprint density at radius 2 is 2.15 bits per heavy atom. The molecule has 1 aromatic carbocycles. The van der Waals surface area contributed by atoms with Crippen LogP contribution < -0.4 is 5.32 Å². The van der Waals surface area contributed by atoms with Crippen LogP contribution in [0.5, 0.6) is 0 Å². The van der Waals surface area contributed by atoms with Gasteiger partial charge < -0.3 is 5.32 Å². The monoisotopic (exact) mass is 286 g/mol. The van der Waals surface area contributed by atoms with Gasteiger partial charge in [0.15, 0.2) is 0 Å². The van der Waals surface area contributed by atoms with E-state index in [1.54, 1.807) is 0 Å². The Morgan fingerprint density at radius 3 is 2.85 bits per heavy atom. The molecule has 0 aliphatic rings. The zero-order chi connectivity index (χ0) is 9.52. The number of halogens is 1. The minimum atomic E-state index is 0.621. The van der Waals surface area contributed by atoms with Crippen molar-refractivity contribution in [1.29, 1.82) is 5.26 Å². The highest BCUT2D eigenvalue weighted by atomic mass is 127. The maximum absolute atomic E-state index is 8.34. The van der Waals surface area contributed by atoms with Gasteiger partial charge in [0.1, 0.15) is 0 Å². The molecule has 0 unspecified atom stereocenters. The molecule has 0 aliphatic heterocycles. The Labute approximate surface area is 92.1 Å². The van der Waals surface area contributed by atoms with Crippen molar-refractivity contribution in [2.45, 2.75) is 12.8 Å². The van der Waals surface area contributed by atoms with E-state index in [1.165, 1.54) is 3.57 Å². The summed E-state index contributed by atoms with van der Waals surface area (Å²) in [7, 11) is 0. The van der Waals surface area contributed by atoms with E-state index in [-0.39, 0.29) is 0 Å². The number of hydrogen-bond donors (Lipinski definition) is 1. The van der Waals surface area contributed by atoms with Crippen molar-refractivity contribution in [2.24, 2.45) is 0 Å². The number of unbranched alkanes of at least 4 members (excludes halogenated alkanes) is 1. The summed E-state index contributed by atoms with van der Waals surface area (Å²) in [6.45, 7) is 0.869. The summed E-state index contributed by atoms with van der Waals surface area (Å²) in [6, 6.07) is 10.3. The number of rotatable bonds is 4. The maximum atomic E-state index is 8.34. The predicted molar refractivity (Wildman–Crippen MR) is 62.5 cm³/mol. The van der Waals surface area contributed by atoms with Gasteiger partial charge in [0.05, 0.1) is 6.07 Å². The molecule has 1 aromatic rings. The second-order valence-electron chi connectivity index (χ2n) is 2.67. The van der Waals surface area contributed by atoms with Gasteiger partial charge in [-0.05, 0) is 41.1 Å². The molecule has 2 nitrogen and oxygen atoms in total. The number of nitriles is 1. The molecule has 3 heteroatoms. The highest BCUT2D eigenvalue weighted by molar-refractivity contribution is 14.1. The van der Waals surface area contributed by atoms with E-state index in [4.69, 9.17) is 5.26 Å². The molecule has 0 bridgehead atoms. The molecule has 0 spiro atoms. The summed E-state index contributed by atoms with van der Waals surface area (Å²) >= 11 is 2.29. The quantitative estimate of drug-likeness (QED) is 0.682. The number of anilines is 1. The van der Waals surface area contributed by atoms with E-state index in [1.807, 2.05) is 18.2 Å². The second kappa shape index (κ2) is 5.81. The lowest BCUT2D eigenvalue weighted by Crippen LogP contribution is -2.02. The van der Waals surface area contributed by atoms with Crippen LogP contribution in [0, 0.1) is 14.9 Å².